The monoisotopic (exact) mass is 333 g/mol. The highest BCUT2D eigenvalue weighted by Crippen LogP contribution is 2.09. The maximum atomic E-state index is 9.23. The van der Waals surface area contributed by atoms with Gasteiger partial charge >= 0.3 is 0 Å². The lowest BCUT2D eigenvalue weighted by molar-refractivity contribution is -0.654. The summed E-state index contributed by atoms with van der Waals surface area (Å²) in [5, 5.41) is 11.6. The number of aromatic hydroxyl groups is 1. The summed E-state index contributed by atoms with van der Waals surface area (Å²) in [6, 6.07) is 18.3. The third kappa shape index (κ3) is 8.63. The molecular weight excluding hydrogens is 306 g/mol. The first-order chi connectivity index (χ1) is 10.8. The fourth-order valence-electron chi connectivity index (χ4n) is 2.69. The molecule has 0 heterocycles. The van der Waals surface area contributed by atoms with Crippen molar-refractivity contribution in [3.05, 3.63) is 65.7 Å². The SMILES string of the molecule is Oc1ccc(CC[NH2+]CCCCCCc2ccccc2)cc1.[Cl-]. The highest BCUT2D eigenvalue weighted by Gasteiger charge is 1.97. The summed E-state index contributed by atoms with van der Waals surface area (Å²) >= 11 is 0. The van der Waals surface area contributed by atoms with Crippen LogP contribution in [0.5, 0.6) is 5.75 Å². The van der Waals surface area contributed by atoms with Gasteiger partial charge in [0, 0.05) is 6.42 Å². The van der Waals surface area contributed by atoms with Crippen LogP contribution < -0.4 is 17.7 Å². The van der Waals surface area contributed by atoms with Gasteiger partial charge in [-0.25, -0.2) is 0 Å². The van der Waals surface area contributed by atoms with Gasteiger partial charge in [-0.15, -0.1) is 0 Å². The van der Waals surface area contributed by atoms with Crippen molar-refractivity contribution in [2.24, 2.45) is 0 Å². The van der Waals surface area contributed by atoms with Crippen LogP contribution in [0.1, 0.15) is 36.8 Å². The van der Waals surface area contributed by atoms with Crippen molar-refractivity contribution in [1.82, 2.24) is 0 Å². The van der Waals surface area contributed by atoms with Gasteiger partial charge in [-0.1, -0.05) is 48.9 Å². The molecule has 3 N–H and O–H groups in total. The van der Waals surface area contributed by atoms with E-state index < -0.39 is 0 Å². The average molecular weight is 334 g/mol. The molecule has 0 bridgehead atoms. The first-order valence-corrected chi connectivity index (χ1v) is 8.48. The van der Waals surface area contributed by atoms with Crippen LogP contribution in [0, 0.1) is 0 Å². The first kappa shape index (κ1) is 19.5. The Hall–Kier alpha value is -1.51. The summed E-state index contributed by atoms with van der Waals surface area (Å²) in [4.78, 5) is 0. The molecule has 126 valence electrons. The van der Waals surface area contributed by atoms with E-state index in [2.05, 4.69) is 35.6 Å². The standard InChI is InChI=1S/C20H27NO.ClH/c22-20-13-11-19(12-14-20)15-17-21-16-7-2-1-4-8-18-9-5-3-6-10-18;/h3,5-6,9-14,21-22H,1-2,4,7-8,15-17H2;1H. The number of phenols is 1. The van der Waals surface area contributed by atoms with E-state index in [1.54, 1.807) is 12.1 Å². The van der Waals surface area contributed by atoms with Crippen molar-refractivity contribution in [2.45, 2.75) is 38.5 Å². The van der Waals surface area contributed by atoms with Gasteiger partial charge in [-0.3, -0.25) is 0 Å². The topological polar surface area (TPSA) is 36.8 Å². The Balaban J connectivity index is 0.00000264. The van der Waals surface area contributed by atoms with Crippen molar-refractivity contribution in [2.75, 3.05) is 13.1 Å². The van der Waals surface area contributed by atoms with E-state index in [-0.39, 0.29) is 12.4 Å². The van der Waals surface area contributed by atoms with Crippen LogP contribution in [-0.2, 0) is 12.8 Å². The van der Waals surface area contributed by atoms with Gasteiger partial charge in [0.1, 0.15) is 5.75 Å². The zero-order chi connectivity index (χ0) is 15.5. The van der Waals surface area contributed by atoms with Crippen LogP contribution in [0.2, 0.25) is 0 Å². The third-order valence-electron chi connectivity index (χ3n) is 4.04. The molecule has 0 unspecified atom stereocenters. The molecule has 0 aliphatic rings. The van der Waals surface area contributed by atoms with Crippen molar-refractivity contribution < 1.29 is 22.8 Å². The van der Waals surface area contributed by atoms with E-state index in [4.69, 9.17) is 0 Å². The minimum atomic E-state index is 0. The second-order valence-corrected chi connectivity index (χ2v) is 5.93. The Morgan fingerprint density at radius 1 is 0.652 bits per heavy atom. The average Bonchev–Trinajstić information content (AvgIpc) is 2.56. The highest BCUT2D eigenvalue weighted by molar-refractivity contribution is 5.25. The summed E-state index contributed by atoms with van der Waals surface area (Å²) in [5.41, 5.74) is 2.76. The molecule has 0 saturated heterocycles. The fourth-order valence-corrected chi connectivity index (χ4v) is 2.69. The van der Waals surface area contributed by atoms with Gasteiger partial charge in [0.05, 0.1) is 13.1 Å². The van der Waals surface area contributed by atoms with Gasteiger partial charge in [-0.05, 0) is 48.9 Å². The zero-order valence-corrected chi connectivity index (χ0v) is 14.5. The van der Waals surface area contributed by atoms with Crippen LogP contribution in [0.4, 0.5) is 0 Å². The molecule has 2 aromatic rings. The van der Waals surface area contributed by atoms with Crippen LogP contribution in [-0.4, -0.2) is 18.2 Å². The van der Waals surface area contributed by atoms with Crippen molar-refractivity contribution in [3.8, 4) is 5.75 Å². The van der Waals surface area contributed by atoms with Crippen LogP contribution in [0.3, 0.4) is 0 Å². The number of unbranched alkanes of at least 4 members (excludes halogenated alkanes) is 3. The molecular formula is C20H28ClNO. The molecule has 0 amide bonds. The number of halogens is 1. The van der Waals surface area contributed by atoms with Crippen molar-refractivity contribution in [3.63, 3.8) is 0 Å². The second-order valence-electron chi connectivity index (χ2n) is 5.93. The number of aryl methyl sites for hydroxylation is 1. The van der Waals surface area contributed by atoms with E-state index in [0.717, 1.165) is 13.0 Å². The minimum Gasteiger partial charge on any atom is -1.00 e. The normalized spacial score (nSPS) is 10.3. The van der Waals surface area contributed by atoms with Crippen molar-refractivity contribution >= 4 is 0 Å². The predicted molar refractivity (Wildman–Crippen MR) is 92.1 cm³/mol. The van der Waals surface area contributed by atoms with Crippen LogP contribution in [0.15, 0.2) is 54.6 Å². The molecule has 0 radical (unpaired) electrons. The quantitative estimate of drug-likeness (QED) is 0.603. The lowest BCUT2D eigenvalue weighted by atomic mass is 10.1. The maximum absolute atomic E-state index is 9.23. The molecule has 0 atom stereocenters. The molecule has 2 aromatic carbocycles. The summed E-state index contributed by atoms with van der Waals surface area (Å²) in [7, 11) is 0. The highest BCUT2D eigenvalue weighted by atomic mass is 35.5. The summed E-state index contributed by atoms with van der Waals surface area (Å²) in [6.45, 7) is 2.36. The molecule has 3 heteroatoms. The summed E-state index contributed by atoms with van der Waals surface area (Å²) in [5.74, 6) is 0.350. The lowest BCUT2D eigenvalue weighted by Gasteiger charge is -2.04. The number of phenolic OH excluding ortho intramolecular Hbond substituents is 1. The van der Waals surface area contributed by atoms with E-state index in [1.165, 1.54) is 49.8 Å². The zero-order valence-electron chi connectivity index (χ0n) is 13.8. The first-order valence-electron chi connectivity index (χ1n) is 8.48. The molecule has 2 rings (SSSR count). The molecule has 23 heavy (non-hydrogen) atoms. The van der Waals surface area contributed by atoms with E-state index in [9.17, 15) is 5.11 Å². The fraction of sp³-hybridized carbons (Fsp3) is 0.400. The van der Waals surface area contributed by atoms with Crippen LogP contribution in [0.25, 0.3) is 0 Å². The van der Waals surface area contributed by atoms with Gasteiger partial charge in [0.25, 0.3) is 0 Å². The van der Waals surface area contributed by atoms with E-state index in [1.807, 2.05) is 12.1 Å². The number of hydrogen-bond donors (Lipinski definition) is 2. The lowest BCUT2D eigenvalue weighted by Crippen LogP contribution is -3.00. The maximum Gasteiger partial charge on any atom is 0.115 e. The molecule has 0 saturated carbocycles. The Morgan fingerprint density at radius 2 is 1.30 bits per heavy atom. The van der Waals surface area contributed by atoms with Gasteiger partial charge in [-0.2, -0.15) is 0 Å². The number of hydrogen-bond acceptors (Lipinski definition) is 1. The Kier molecular flexibility index (Phi) is 10.2. The van der Waals surface area contributed by atoms with Gasteiger partial charge in [0.15, 0.2) is 0 Å². The largest absolute Gasteiger partial charge is 1.00 e. The molecule has 0 spiro atoms. The summed E-state index contributed by atoms with van der Waals surface area (Å²) in [6.07, 6.45) is 7.57. The number of rotatable bonds is 10. The van der Waals surface area contributed by atoms with Gasteiger partial charge < -0.3 is 22.8 Å². The minimum absolute atomic E-state index is 0. The molecule has 0 aliphatic heterocycles. The smallest absolute Gasteiger partial charge is 0.115 e. The summed E-state index contributed by atoms with van der Waals surface area (Å²) < 4.78 is 0. The van der Waals surface area contributed by atoms with E-state index >= 15 is 0 Å². The Morgan fingerprint density at radius 3 is 2.04 bits per heavy atom. The molecule has 0 aromatic heterocycles. The Bertz CT molecular complexity index is 513. The molecule has 2 nitrogen and oxygen atoms in total. The van der Waals surface area contributed by atoms with Crippen LogP contribution >= 0.6 is 0 Å². The number of benzene rings is 2. The second kappa shape index (κ2) is 12.0. The Labute approximate surface area is 146 Å². The van der Waals surface area contributed by atoms with Gasteiger partial charge in [0.2, 0.25) is 0 Å². The number of nitrogens with two attached hydrogens (primary N) is 1. The van der Waals surface area contributed by atoms with Crippen molar-refractivity contribution in [1.29, 1.82) is 0 Å². The third-order valence-corrected chi connectivity index (χ3v) is 4.04. The van der Waals surface area contributed by atoms with E-state index in [0.29, 0.717) is 5.75 Å². The molecule has 0 aliphatic carbocycles. The number of quaternary nitrogens is 1. The predicted octanol–water partition coefficient (Wildman–Crippen LogP) is 0.305. The molecule has 0 fully saturated rings.